The van der Waals surface area contributed by atoms with Gasteiger partial charge >= 0.3 is 0 Å². The van der Waals surface area contributed by atoms with E-state index in [2.05, 4.69) is 33.0 Å². The molecule has 1 N–H and O–H groups in total. The third-order valence-electron chi connectivity index (χ3n) is 3.50. The Morgan fingerprint density at radius 1 is 0.867 bits per heavy atom. The first kappa shape index (κ1) is 15.0. The maximum atomic E-state index is 3.63. The lowest BCUT2D eigenvalue weighted by Crippen LogP contribution is -2.29. The molecule has 1 atom stereocenters. The molecule has 0 heterocycles. The van der Waals surface area contributed by atoms with Gasteiger partial charge in [0.15, 0.2) is 0 Å². The summed E-state index contributed by atoms with van der Waals surface area (Å²) < 4.78 is 0. The van der Waals surface area contributed by atoms with E-state index in [0.717, 1.165) is 12.0 Å². The summed E-state index contributed by atoms with van der Waals surface area (Å²) in [4.78, 5) is 0. The number of hydrogen-bond donors (Lipinski definition) is 1. The minimum atomic E-state index is 0.763. The molecular weight excluding hydrogens is 182 g/mol. The molecule has 0 aromatic carbocycles. The zero-order chi connectivity index (χ0) is 11.5. The Kier molecular flexibility index (Phi) is 10.4. The molecule has 0 radical (unpaired) electrons. The van der Waals surface area contributed by atoms with Gasteiger partial charge in [0.1, 0.15) is 0 Å². The summed E-state index contributed by atoms with van der Waals surface area (Å²) in [6.45, 7) is 10.4. The quantitative estimate of drug-likeness (QED) is 0.568. The van der Waals surface area contributed by atoms with Gasteiger partial charge in [-0.3, -0.25) is 0 Å². The van der Waals surface area contributed by atoms with Crippen molar-refractivity contribution in [2.45, 2.75) is 78.7 Å². The second-order valence-corrected chi connectivity index (χ2v) is 4.67. The summed E-state index contributed by atoms with van der Waals surface area (Å²) in [6, 6.07) is 0.763. The minimum Gasteiger partial charge on any atom is -0.314 e. The second-order valence-electron chi connectivity index (χ2n) is 4.67. The Labute approximate surface area is 97.0 Å². The topological polar surface area (TPSA) is 12.0 Å². The van der Waals surface area contributed by atoms with E-state index in [9.17, 15) is 0 Å². The van der Waals surface area contributed by atoms with Gasteiger partial charge in [-0.15, -0.1) is 0 Å². The lowest BCUT2D eigenvalue weighted by Gasteiger charge is -2.18. The summed E-state index contributed by atoms with van der Waals surface area (Å²) in [5.41, 5.74) is 0. The molecule has 0 aliphatic heterocycles. The highest BCUT2D eigenvalue weighted by Gasteiger charge is 2.07. The molecule has 0 rings (SSSR count). The molecule has 0 aliphatic carbocycles. The Bertz CT molecular complexity index is 119. The summed E-state index contributed by atoms with van der Waals surface area (Å²) in [6.07, 6.45) is 9.45. The van der Waals surface area contributed by atoms with Crippen LogP contribution in [0.25, 0.3) is 0 Å². The van der Waals surface area contributed by atoms with Gasteiger partial charge in [-0.25, -0.2) is 0 Å². The van der Waals surface area contributed by atoms with Gasteiger partial charge in [-0.1, -0.05) is 53.4 Å². The average molecular weight is 213 g/mol. The summed E-state index contributed by atoms with van der Waals surface area (Å²) in [5, 5.41) is 3.63. The van der Waals surface area contributed by atoms with Crippen molar-refractivity contribution in [3.63, 3.8) is 0 Å². The Morgan fingerprint density at radius 3 is 2.00 bits per heavy atom. The molecule has 1 heteroatoms. The van der Waals surface area contributed by atoms with E-state index < -0.39 is 0 Å². The molecule has 0 amide bonds. The molecule has 1 unspecified atom stereocenters. The minimum absolute atomic E-state index is 0.763. The highest BCUT2D eigenvalue weighted by atomic mass is 14.9. The molecule has 15 heavy (non-hydrogen) atoms. The van der Waals surface area contributed by atoms with Crippen molar-refractivity contribution in [2.24, 2.45) is 5.92 Å². The van der Waals surface area contributed by atoms with Gasteiger partial charge in [-0.2, -0.15) is 0 Å². The maximum absolute atomic E-state index is 3.63. The summed E-state index contributed by atoms with van der Waals surface area (Å²) in [7, 11) is 0. The molecule has 0 spiro atoms. The number of hydrogen-bond acceptors (Lipinski definition) is 1. The third-order valence-corrected chi connectivity index (χ3v) is 3.50. The van der Waals surface area contributed by atoms with Crippen LogP contribution in [-0.2, 0) is 0 Å². The highest BCUT2D eigenvalue weighted by molar-refractivity contribution is 4.66. The van der Waals surface area contributed by atoms with Gasteiger partial charge in [0, 0.05) is 6.04 Å². The largest absolute Gasteiger partial charge is 0.314 e. The van der Waals surface area contributed by atoms with Crippen molar-refractivity contribution in [3.05, 3.63) is 0 Å². The molecule has 92 valence electrons. The molecule has 0 saturated heterocycles. The molecule has 0 bridgehead atoms. The normalized spacial score (nSPS) is 13.4. The fraction of sp³-hybridized carbons (Fsp3) is 1.00. The van der Waals surface area contributed by atoms with Crippen molar-refractivity contribution >= 4 is 0 Å². The standard InChI is InChI=1S/C14H31N/c1-5-12-15-14(8-4)11-9-10-13(6-2)7-3/h13-15H,5-12H2,1-4H3. The van der Waals surface area contributed by atoms with Crippen LogP contribution in [0.5, 0.6) is 0 Å². The van der Waals surface area contributed by atoms with Crippen LogP contribution >= 0.6 is 0 Å². The number of rotatable bonds is 10. The summed E-state index contributed by atoms with van der Waals surface area (Å²) in [5.74, 6) is 0.966. The zero-order valence-corrected chi connectivity index (χ0v) is 11.3. The molecular formula is C14H31N. The van der Waals surface area contributed by atoms with Crippen LogP contribution in [0.2, 0.25) is 0 Å². The van der Waals surface area contributed by atoms with Crippen molar-refractivity contribution in [3.8, 4) is 0 Å². The van der Waals surface area contributed by atoms with Gasteiger partial charge in [0.05, 0.1) is 0 Å². The van der Waals surface area contributed by atoms with Gasteiger partial charge in [-0.05, 0) is 31.7 Å². The Hall–Kier alpha value is -0.0400. The van der Waals surface area contributed by atoms with Crippen molar-refractivity contribution in [2.75, 3.05) is 6.54 Å². The van der Waals surface area contributed by atoms with E-state index in [0.29, 0.717) is 0 Å². The van der Waals surface area contributed by atoms with Crippen LogP contribution in [0.4, 0.5) is 0 Å². The smallest absolute Gasteiger partial charge is 0.00644 e. The Balaban J connectivity index is 3.52. The lowest BCUT2D eigenvalue weighted by atomic mass is 9.95. The van der Waals surface area contributed by atoms with Crippen LogP contribution in [-0.4, -0.2) is 12.6 Å². The fourth-order valence-electron chi connectivity index (χ4n) is 2.15. The van der Waals surface area contributed by atoms with E-state index >= 15 is 0 Å². The SMILES string of the molecule is CCCNC(CC)CCCC(CC)CC. The van der Waals surface area contributed by atoms with Crippen molar-refractivity contribution in [1.29, 1.82) is 0 Å². The molecule has 0 aromatic heterocycles. The zero-order valence-electron chi connectivity index (χ0n) is 11.3. The van der Waals surface area contributed by atoms with E-state index in [-0.39, 0.29) is 0 Å². The Morgan fingerprint density at radius 2 is 1.53 bits per heavy atom. The molecule has 0 aromatic rings. The molecule has 1 nitrogen and oxygen atoms in total. The highest BCUT2D eigenvalue weighted by Crippen LogP contribution is 2.17. The maximum Gasteiger partial charge on any atom is 0.00644 e. The number of nitrogens with one attached hydrogen (secondary N) is 1. The van der Waals surface area contributed by atoms with E-state index in [1.165, 1.54) is 51.5 Å². The van der Waals surface area contributed by atoms with E-state index in [1.807, 2.05) is 0 Å². The van der Waals surface area contributed by atoms with Crippen LogP contribution < -0.4 is 5.32 Å². The first-order valence-corrected chi connectivity index (χ1v) is 7.01. The predicted octanol–water partition coefficient (Wildman–Crippen LogP) is 4.37. The lowest BCUT2D eigenvalue weighted by molar-refractivity contribution is 0.392. The average Bonchev–Trinajstić information content (AvgIpc) is 2.28. The van der Waals surface area contributed by atoms with Gasteiger partial charge in [0.25, 0.3) is 0 Å². The molecule has 0 fully saturated rings. The third kappa shape index (κ3) is 7.84. The van der Waals surface area contributed by atoms with Crippen LogP contribution in [0.3, 0.4) is 0 Å². The summed E-state index contributed by atoms with van der Waals surface area (Å²) >= 11 is 0. The second kappa shape index (κ2) is 10.5. The van der Waals surface area contributed by atoms with E-state index in [1.54, 1.807) is 0 Å². The first-order chi connectivity index (χ1) is 7.28. The van der Waals surface area contributed by atoms with Crippen molar-refractivity contribution < 1.29 is 0 Å². The van der Waals surface area contributed by atoms with Crippen LogP contribution in [0, 0.1) is 5.92 Å². The van der Waals surface area contributed by atoms with Crippen LogP contribution in [0.15, 0.2) is 0 Å². The van der Waals surface area contributed by atoms with Gasteiger partial charge < -0.3 is 5.32 Å². The predicted molar refractivity (Wildman–Crippen MR) is 70.3 cm³/mol. The van der Waals surface area contributed by atoms with Crippen LogP contribution in [0.1, 0.15) is 72.6 Å². The molecule has 0 saturated carbocycles. The van der Waals surface area contributed by atoms with Crippen molar-refractivity contribution in [1.82, 2.24) is 5.32 Å². The monoisotopic (exact) mass is 213 g/mol. The van der Waals surface area contributed by atoms with E-state index in [4.69, 9.17) is 0 Å². The van der Waals surface area contributed by atoms with Gasteiger partial charge in [0.2, 0.25) is 0 Å². The first-order valence-electron chi connectivity index (χ1n) is 7.01. The molecule has 0 aliphatic rings. The fourth-order valence-corrected chi connectivity index (χ4v) is 2.15.